The van der Waals surface area contributed by atoms with Gasteiger partial charge >= 0.3 is 0 Å². The number of ether oxygens (including phenoxy) is 1. The molecule has 0 spiro atoms. The molecule has 1 aliphatic carbocycles. The molecule has 3 aromatic rings. The molecule has 30 heavy (non-hydrogen) atoms. The van der Waals surface area contributed by atoms with E-state index in [9.17, 15) is 4.79 Å². The molecule has 0 radical (unpaired) electrons. The number of fused-ring (bicyclic) bond motifs is 1. The molecule has 4 rings (SSSR count). The zero-order valence-corrected chi connectivity index (χ0v) is 17.7. The summed E-state index contributed by atoms with van der Waals surface area (Å²) in [4.78, 5) is 13.0. The number of nitrogens with one attached hydrogen (secondary N) is 1. The summed E-state index contributed by atoms with van der Waals surface area (Å²) in [5, 5.41) is 3.20. The van der Waals surface area contributed by atoms with Crippen LogP contribution in [0.4, 0.5) is 0 Å². The Kier molecular flexibility index (Phi) is 6.18. The van der Waals surface area contributed by atoms with Gasteiger partial charge in [0, 0.05) is 0 Å². The predicted octanol–water partition coefficient (Wildman–Crippen LogP) is 5.55. The largest absolute Gasteiger partial charge is 0.481 e. The lowest BCUT2D eigenvalue weighted by Gasteiger charge is -2.23. The number of rotatable bonds is 6. The zero-order valence-electron chi connectivity index (χ0n) is 17.7. The maximum absolute atomic E-state index is 13.0. The molecule has 0 aromatic heterocycles. The smallest absolute Gasteiger partial charge is 0.261 e. The van der Waals surface area contributed by atoms with Crippen molar-refractivity contribution in [2.45, 2.75) is 51.7 Å². The zero-order chi connectivity index (χ0) is 20.9. The average molecular weight is 400 g/mol. The lowest BCUT2D eigenvalue weighted by Crippen LogP contribution is -2.39. The average Bonchev–Trinajstić information content (AvgIpc) is 2.77. The van der Waals surface area contributed by atoms with Crippen LogP contribution < -0.4 is 10.1 Å². The fourth-order valence-corrected chi connectivity index (χ4v) is 4.15. The molecule has 1 amide bonds. The SMILES string of the molecule is Cc1cccc(C(NC(=O)C(C)Oc2ccc3c(c2)CCCC3)c2ccccc2)c1. The fourth-order valence-electron chi connectivity index (χ4n) is 4.15. The molecular weight excluding hydrogens is 370 g/mol. The predicted molar refractivity (Wildman–Crippen MR) is 121 cm³/mol. The Labute approximate surface area is 179 Å². The Morgan fingerprint density at radius 2 is 1.60 bits per heavy atom. The number of carbonyl (C=O) groups is 1. The van der Waals surface area contributed by atoms with Crippen molar-refractivity contribution in [3.05, 3.63) is 101 Å². The molecule has 1 aliphatic rings. The minimum atomic E-state index is -0.581. The van der Waals surface area contributed by atoms with Crippen LogP contribution in [0.25, 0.3) is 0 Å². The highest BCUT2D eigenvalue weighted by atomic mass is 16.5. The number of carbonyl (C=O) groups excluding carboxylic acids is 1. The van der Waals surface area contributed by atoms with E-state index in [1.807, 2.05) is 49.4 Å². The lowest BCUT2D eigenvalue weighted by molar-refractivity contribution is -0.127. The Hall–Kier alpha value is -3.07. The molecule has 1 N–H and O–H groups in total. The quantitative estimate of drug-likeness (QED) is 0.590. The standard InChI is InChI=1S/C27H29NO2/c1-19-9-8-14-24(17-19)26(22-11-4-3-5-12-22)28-27(29)20(2)30-25-16-15-21-10-6-7-13-23(21)18-25/h3-5,8-9,11-12,14-18,20,26H,6-7,10,13H2,1-2H3,(H,28,29). The second-order valence-corrected chi connectivity index (χ2v) is 8.16. The van der Waals surface area contributed by atoms with Gasteiger partial charge in [-0.3, -0.25) is 4.79 Å². The van der Waals surface area contributed by atoms with E-state index in [2.05, 4.69) is 42.6 Å². The highest BCUT2D eigenvalue weighted by Crippen LogP contribution is 2.27. The van der Waals surface area contributed by atoms with E-state index in [4.69, 9.17) is 4.74 Å². The second-order valence-electron chi connectivity index (χ2n) is 8.16. The number of hydrogen-bond acceptors (Lipinski definition) is 2. The molecule has 0 fully saturated rings. The molecule has 0 heterocycles. The number of benzene rings is 3. The first kappa shape index (κ1) is 20.2. The van der Waals surface area contributed by atoms with Gasteiger partial charge in [0.25, 0.3) is 5.91 Å². The topological polar surface area (TPSA) is 38.3 Å². The third-order valence-corrected chi connectivity index (χ3v) is 5.80. The van der Waals surface area contributed by atoms with E-state index in [1.54, 1.807) is 0 Å². The minimum absolute atomic E-state index is 0.122. The summed E-state index contributed by atoms with van der Waals surface area (Å²) in [7, 11) is 0. The third kappa shape index (κ3) is 4.73. The maximum Gasteiger partial charge on any atom is 0.261 e. The van der Waals surface area contributed by atoms with Crippen LogP contribution in [0.3, 0.4) is 0 Å². The molecule has 0 saturated heterocycles. The van der Waals surface area contributed by atoms with E-state index < -0.39 is 6.10 Å². The second kappa shape index (κ2) is 9.17. The van der Waals surface area contributed by atoms with Crippen LogP contribution in [0.2, 0.25) is 0 Å². The van der Waals surface area contributed by atoms with Crippen molar-refractivity contribution in [1.82, 2.24) is 5.32 Å². The highest BCUT2D eigenvalue weighted by Gasteiger charge is 2.22. The van der Waals surface area contributed by atoms with Gasteiger partial charge in [0.2, 0.25) is 0 Å². The van der Waals surface area contributed by atoms with E-state index in [1.165, 1.54) is 29.5 Å². The van der Waals surface area contributed by atoms with E-state index in [0.717, 1.165) is 29.7 Å². The van der Waals surface area contributed by atoms with E-state index in [-0.39, 0.29) is 11.9 Å². The molecule has 2 unspecified atom stereocenters. The molecule has 0 bridgehead atoms. The van der Waals surface area contributed by atoms with Gasteiger partial charge in [-0.2, -0.15) is 0 Å². The van der Waals surface area contributed by atoms with Crippen LogP contribution in [-0.4, -0.2) is 12.0 Å². The lowest BCUT2D eigenvalue weighted by atomic mass is 9.92. The van der Waals surface area contributed by atoms with Crippen molar-refractivity contribution in [2.24, 2.45) is 0 Å². The Morgan fingerprint density at radius 3 is 2.37 bits per heavy atom. The first-order valence-electron chi connectivity index (χ1n) is 10.8. The monoisotopic (exact) mass is 399 g/mol. The van der Waals surface area contributed by atoms with Crippen LogP contribution in [0, 0.1) is 6.92 Å². The Morgan fingerprint density at radius 1 is 0.867 bits per heavy atom. The Balaban J connectivity index is 1.50. The van der Waals surface area contributed by atoms with Gasteiger partial charge in [-0.25, -0.2) is 0 Å². The molecule has 2 atom stereocenters. The van der Waals surface area contributed by atoms with Gasteiger partial charge in [-0.15, -0.1) is 0 Å². The van der Waals surface area contributed by atoms with Gasteiger partial charge in [0.05, 0.1) is 6.04 Å². The molecule has 3 heteroatoms. The van der Waals surface area contributed by atoms with Crippen LogP contribution in [0.1, 0.15) is 53.6 Å². The van der Waals surface area contributed by atoms with Crippen molar-refractivity contribution >= 4 is 5.91 Å². The van der Waals surface area contributed by atoms with Gasteiger partial charge in [0.1, 0.15) is 5.75 Å². The third-order valence-electron chi connectivity index (χ3n) is 5.80. The van der Waals surface area contributed by atoms with Crippen LogP contribution in [0.5, 0.6) is 5.75 Å². The van der Waals surface area contributed by atoms with Gasteiger partial charge in [-0.1, -0.05) is 66.2 Å². The normalized spacial score (nSPS) is 15.0. The van der Waals surface area contributed by atoms with E-state index >= 15 is 0 Å². The van der Waals surface area contributed by atoms with Crippen molar-refractivity contribution in [3.63, 3.8) is 0 Å². The molecule has 154 valence electrons. The summed E-state index contributed by atoms with van der Waals surface area (Å²) in [6.45, 7) is 3.88. The van der Waals surface area contributed by atoms with Crippen LogP contribution >= 0.6 is 0 Å². The number of hydrogen-bond donors (Lipinski definition) is 1. The molecule has 3 nitrogen and oxygen atoms in total. The minimum Gasteiger partial charge on any atom is -0.481 e. The Bertz CT molecular complexity index is 1010. The highest BCUT2D eigenvalue weighted by molar-refractivity contribution is 5.81. The summed E-state index contributed by atoms with van der Waals surface area (Å²) in [5.41, 5.74) is 6.05. The van der Waals surface area contributed by atoms with Crippen LogP contribution in [0.15, 0.2) is 72.8 Å². The summed E-state index contributed by atoms with van der Waals surface area (Å²) in [6.07, 6.45) is 4.13. The fraction of sp³-hybridized carbons (Fsp3) is 0.296. The van der Waals surface area contributed by atoms with Gasteiger partial charge in [-0.05, 0) is 73.9 Å². The van der Waals surface area contributed by atoms with E-state index in [0.29, 0.717) is 0 Å². The van der Waals surface area contributed by atoms with Crippen LogP contribution in [-0.2, 0) is 17.6 Å². The number of amides is 1. The molecule has 0 saturated carbocycles. The summed E-state index contributed by atoms with van der Waals surface area (Å²) >= 11 is 0. The van der Waals surface area contributed by atoms with Crippen molar-refractivity contribution < 1.29 is 9.53 Å². The number of aryl methyl sites for hydroxylation is 3. The summed E-state index contributed by atoms with van der Waals surface area (Å²) in [5.74, 6) is 0.646. The summed E-state index contributed by atoms with van der Waals surface area (Å²) < 4.78 is 6.03. The van der Waals surface area contributed by atoms with Gasteiger partial charge in [0.15, 0.2) is 6.10 Å². The van der Waals surface area contributed by atoms with Crippen molar-refractivity contribution in [2.75, 3.05) is 0 Å². The molecular formula is C27H29NO2. The van der Waals surface area contributed by atoms with Crippen molar-refractivity contribution in [1.29, 1.82) is 0 Å². The first-order chi connectivity index (χ1) is 14.6. The van der Waals surface area contributed by atoms with Crippen molar-refractivity contribution in [3.8, 4) is 5.75 Å². The summed E-state index contributed by atoms with van der Waals surface area (Å²) in [6, 6.07) is 24.4. The maximum atomic E-state index is 13.0. The van der Waals surface area contributed by atoms with Gasteiger partial charge < -0.3 is 10.1 Å². The molecule has 0 aliphatic heterocycles. The first-order valence-corrected chi connectivity index (χ1v) is 10.8. The molecule has 3 aromatic carbocycles.